The van der Waals surface area contributed by atoms with Crippen LogP contribution in [0.1, 0.15) is 5.56 Å². The summed E-state index contributed by atoms with van der Waals surface area (Å²) in [6.07, 6.45) is 1.51. The fourth-order valence-electron chi connectivity index (χ4n) is 2.52. The first kappa shape index (κ1) is 16.2. The molecule has 0 aliphatic rings. The lowest BCUT2D eigenvalue weighted by Gasteiger charge is -2.19. The van der Waals surface area contributed by atoms with Crippen molar-refractivity contribution in [1.82, 2.24) is 9.97 Å². The first-order chi connectivity index (χ1) is 11.6. The third-order valence-electron chi connectivity index (χ3n) is 3.81. The highest BCUT2D eigenvalue weighted by molar-refractivity contribution is 6.31. The monoisotopic (exact) mass is 340 g/mol. The SMILES string of the molecule is Cc1c(Cl)cccc1NC(=O)CN(C)c1ncnc2ccccc12. The number of amides is 1. The number of halogens is 1. The van der Waals surface area contributed by atoms with Gasteiger partial charge in [-0.1, -0.05) is 29.8 Å². The summed E-state index contributed by atoms with van der Waals surface area (Å²) in [7, 11) is 1.83. The van der Waals surface area contributed by atoms with Gasteiger partial charge in [-0.25, -0.2) is 9.97 Å². The quantitative estimate of drug-likeness (QED) is 0.787. The zero-order chi connectivity index (χ0) is 17.1. The lowest BCUT2D eigenvalue weighted by atomic mass is 10.2. The zero-order valence-corrected chi connectivity index (χ0v) is 14.2. The fraction of sp³-hybridized carbons (Fsp3) is 0.167. The molecule has 0 spiro atoms. The number of para-hydroxylation sites is 1. The number of nitrogens with one attached hydrogen (secondary N) is 1. The Hall–Kier alpha value is -2.66. The maximum atomic E-state index is 12.4. The Morgan fingerprint density at radius 2 is 1.96 bits per heavy atom. The van der Waals surface area contributed by atoms with Gasteiger partial charge in [-0.3, -0.25) is 4.79 Å². The molecule has 0 atom stereocenters. The van der Waals surface area contributed by atoms with E-state index in [9.17, 15) is 4.79 Å². The van der Waals surface area contributed by atoms with Crippen LogP contribution in [0, 0.1) is 6.92 Å². The molecule has 1 heterocycles. The highest BCUT2D eigenvalue weighted by Crippen LogP contribution is 2.24. The highest BCUT2D eigenvalue weighted by atomic mass is 35.5. The van der Waals surface area contributed by atoms with Gasteiger partial charge in [0.05, 0.1) is 12.1 Å². The van der Waals surface area contributed by atoms with Crippen LogP contribution in [-0.2, 0) is 4.79 Å². The molecule has 122 valence electrons. The lowest BCUT2D eigenvalue weighted by molar-refractivity contribution is -0.114. The van der Waals surface area contributed by atoms with Gasteiger partial charge in [-0.2, -0.15) is 0 Å². The van der Waals surface area contributed by atoms with Crippen LogP contribution in [-0.4, -0.2) is 29.5 Å². The van der Waals surface area contributed by atoms with E-state index in [-0.39, 0.29) is 12.5 Å². The fourth-order valence-corrected chi connectivity index (χ4v) is 2.69. The van der Waals surface area contributed by atoms with E-state index in [2.05, 4.69) is 15.3 Å². The number of likely N-dealkylation sites (N-methyl/N-ethyl adjacent to an activating group) is 1. The number of benzene rings is 2. The van der Waals surface area contributed by atoms with Gasteiger partial charge in [-0.05, 0) is 36.8 Å². The van der Waals surface area contributed by atoms with Gasteiger partial charge in [0.1, 0.15) is 12.1 Å². The summed E-state index contributed by atoms with van der Waals surface area (Å²) in [5.41, 5.74) is 2.41. The Morgan fingerprint density at radius 3 is 2.79 bits per heavy atom. The number of hydrogen-bond donors (Lipinski definition) is 1. The molecule has 0 aliphatic heterocycles. The van der Waals surface area contributed by atoms with Gasteiger partial charge < -0.3 is 10.2 Å². The summed E-state index contributed by atoms with van der Waals surface area (Å²) in [6, 6.07) is 13.2. The van der Waals surface area contributed by atoms with Crippen molar-refractivity contribution < 1.29 is 4.79 Å². The van der Waals surface area contributed by atoms with E-state index >= 15 is 0 Å². The van der Waals surface area contributed by atoms with E-state index in [1.807, 2.05) is 50.4 Å². The van der Waals surface area contributed by atoms with Crippen LogP contribution < -0.4 is 10.2 Å². The van der Waals surface area contributed by atoms with E-state index in [1.165, 1.54) is 6.33 Å². The van der Waals surface area contributed by atoms with Crippen LogP contribution in [0.5, 0.6) is 0 Å². The van der Waals surface area contributed by atoms with Crippen LogP contribution in [0.15, 0.2) is 48.8 Å². The second kappa shape index (κ2) is 6.84. The molecule has 3 aromatic rings. The Morgan fingerprint density at radius 1 is 1.17 bits per heavy atom. The average molecular weight is 341 g/mol. The molecule has 3 rings (SSSR count). The molecule has 0 radical (unpaired) electrons. The van der Waals surface area contributed by atoms with Crippen molar-refractivity contribution in [3.63, 3.8) is 0 Å². The molecule has 0 saturated carbocycles. The lowest BCUT2D eigenvalue weighted by Crippen LogP contribution is -2.31. The molecule has 1 amide bonds. The number of aromatic nitrogens is 2. The second-order valence-electron chi connectivity index (χ2n) is 5.53. The van der Waals surface area contributed by atoms with Crippen molar-refractivity contribution in [3.05, 3.63) is 59.4 Å². The summed E-state index contributed by atoms with van der Waals surface area (Å²) in [5, 5.41) is 4.43. The van der Waals surface area contributed by atoms with Gasteiger partial charge >= 0.3 is 0 Å². The molecule has 5 nitrogen and oxygen atoms in total. The maximum Gasteiger partial charge on any atom is 0.243 e. The predicted molar refractivity (Wildman–Crippen MR) is 97.6 cm³/mol. The smallest absolute Gasteiger partial charge is 0.243 e. The van der Waals surface area contributed by atoms with Gasteiger partial charge in [-0.15, -0.1) is 0 Å². The Labute approximate surface area is 145 Å². The number of hydrogen-bond acceptors (Lipinski definition) is 4. The summed E-state index contributed by atoms with van der Waals surface area (Å²) >= 11 is 6.09. The first-order valence-electron chi connectivity index (χ1n) is 7.52. The molecule has 0 saturated heterocycles. The van der Waals surface area contributed by atoms with E-state index in [4.69, 9.17) is 11.6 Å². The van der Waals surface area contributed by atoms with E-state index in [0.29, 0.717) is 10.7 Å². The minimum absolute atomic E-state index is 0.134. The van der Waals surface area contributed by atoms with E-state index in [0.717, 1.165) is 22.3 Å². The molecule has 2 aromatic carbocycles. The minimum atomic E-state index is -0.134. The van der Waals surface area contributed by atoms with Crippen molar-refractivity contribution in [2.24, 2.45) is 0 Å². The molecule has 1 aromatic heterocycles. The van der Waals surface area contributed by atoms with Gasteiger partial charge in [0.25, 0.3) is 0 Å². The summed E-state index contributed by atoms with van der Waals surface area (Å²) < 4.78 is 0. The van der Waals surface area contributed by atoms with Crippen molar-refractivity contribution in [2.45, 2.75) is 6.92 Å². The summed E-state index contributed by atoms with van der Waals surface area (Å²) in [6.45, 7) is 2.05. The maximum absolute atomic E-state index is 12.4. The van der Waals surface area contributed by atoms with Gasteiger partial charge in [0, 0.05) is 23.1 Å². The predicted octanol–water partition coefficient (Wildman–Crippen LogP) is 3.67. The minimum Gasteiger partial charge on any atom is -0.350 e. The Balaban J connectivity index is 1.77. The van der Waals surface area contributed by atoms with Crippen molar-refractivity contribution in [3.8, 4) is 0 Å². The molecule has 1 N–H and O–H groups in total. The van der Waals surface area contributed by atoms with Crippen molar-refractivity contribution in [2.75, 3.05) is 23.8 Å². The van der Waals surface area contributed by atoms with E-state index < -0.39 is 0 Å². The largest absolute Gasteiger partial charge is 0.350 e. The number of carbonyl (C=O) groups is 1. The summed E-state index contributed by atoms with van der Waals surface area (Å²) in [5.74, 6) is 0.587. The van der Waals surface area contributed by atoms with Crippen LogP contribution in [0.25, 0.3) is 10.9 Å². The number of rotatable bonds is 4. The number of fused-ring (bicyclic) bond motifs is 1. The van der Waals surface area contributed by atoms with Crippen LogP contribution in [0.2, 0.25) is 5.02 Å². The molecular formula is C18H17ClN4O. The number of carbonyl (C=O) groups excluding carboxylic acids is 1. The van der Waals surface area contributed by atoms with E-state index in [1.54, 1.807) is 11.0 Å². The topological polar surface area (TPSA) is 58.1 Å². The number of anilines is 2. The molecule has 0 unspecified atom stereocenters. The van der Waals surface area contributed by atoms with Crippen molar-refractivity contribution >= 4 is 39.9 Å². The average Bonchev–Trinajstić information content (AvgIpc) is 2.58. The molecule has 6 heteroatoms. The summed E-state index contributed by atoms with van der Waals surface area (Å²) in [4.78, 5) is 22.7. The standard InChI is InChI=1S/C18H17ClN4O/c1-12-14(19)7-5-9-15(12)22-17(24)10-23(2)18-13-6-3-4-8-16(13)20-11-21-18/h3-9,11H,10H2,1-2H3,(H,22,24). The first-order valence-corrected chi connectivity index (χ1v) is 7.90. The van der Waals surface area contributed by atoms with Gasteiger partial charge in [0.2, 0.25) is 5.91 Å². The second-order valence-corrected chi connectivity index (χ2v) is 5.94. The molecule has 24 heavy (non-hydrogen) atoms. The van der Waals surface area contributed by atoms with Gasteiger partial charge in [0.15, 0.2) is 0 Å². The molecule has 0 fully saturated rings. The van der Waals surface area contributed by atoms with Crippen molar-refractivity contribution in [1.29, 1.82) is 0 Å². The molecule has 0 aliphatic carbocycles. The Kier molecular flexibility index (Phi) is 4.62. The zero-order valence-electron chi connectivity index (χ0n) is 13.5. The number of nitrogens with zero attached hydrogens (tertiary/aromatic N) is 3. The van der Waals surface area contributed by atoms with Crippen LogP contribution in [0.4, 0.5) is 11.5 Å². The third-order valence-corrected chi connectivity index (χ3v) is 4.22. The molecule has 0 bridgehead atoms. The molecular weight excluding hydrogens is 324 g/mol. The normalized spacial score (nSPS) is 10.6. The third kappa shape index (κ3) is 3.31. The Bertz CT molecular complexity index is 892. The van der Waals surface area contributed by atoms with Crippen LogP contribution in [0.3, 0.4) is 0 Å². The van der Waals surface area contributed by atoms with Crippen LogP contribution >= 0.6 is 11.6 Å². The highest BCUT2D eigenvalue weighted by Gasteiger charge is 2.13.